The van der Waals surface area contributed by atoms with Crippen LogP contribution in [0.2, 0.25) is 0 Å². The maximum absolute atomic E-state index is 12.0. The van der Waals surface area contributed by atoms with E-state index in [-0.39, 0.29) is 5.91 Å². The van der Waals surface area contributed by atoms with Gasteiger partial charge in [0, 0.05) is 39.1 Å². The Morgan fingerprint density at radius 1 is 1.14 bits per heavy atom. The van der Waals surface area contributed by atoms with Crippen molar-refractivity contribution in [3.05, 3.63) is 53.9 Å². The molecule has 0 saturated carbocycles. The Morgan fingerprint density at radius 3 is 2.82 bits per heavy atom. The molecule has 8 heteroatoms. The van der Waals surface area contributed by atoms with Gasteiger partial charge in [0.2, 0.25) is 5.91 Å². The average molecular weight is 382 g/mol. The third kappa shape index (κ3) is 5.75. The molecule has 0 aliphatic carbocycles. The third-order valence-electron chi connectivity index (χ3n) is 4.21. The van der Waals surface area contributed by atoms with E-state index in [1.54, 1.807) is 4.52 Å². The summed E-state index contributed by atoms with van der Waals surface area (Å²) in [5.74, 6) is 1.40. The van der Waals surface area contributed by atoms with Crippen molar-refractivity contribution in [1.82, 2.24) is 25.1 Å². The summed E-state index contributed by atoms with van der Waals surface area (Å²) in [6.45, 7) is 4.61. The molecular weight excluding hydrogens is 356 g/mol. The highest BCUT2D eigenvalue weighted by Crippen LogP contribution is 2.10. The Labute approximate surface area is 164 Å². The number of amides is 1. The van der Waals surface area contributed by atoms with E-state index in [4.69, 9.17) is 4.74 Å². The zero-order valence-corrected chi connectivity index (χ0v) is 16.1. The van der Waals surface area contributed by atoms with Crippen LogP contribution in [0.4, 0.5) is 5.82 Å². The number of fused-ring (bicyclic) bond motifs is 1. The molecular formula is C20H26N6O2. The number of nitrogens with zero attached hydrogens (tertiary/aromatic N) is 4. The van der Waals surface area contributed by atoms with E-state index >= 15 is 0 Å². The molecule has 2 heterocycles. The fraction of sp³-hybridized carbons (Fsp3) is 0.400. The number of rotatable bonds is 11. The first-order valence-electron chi connectivity index (χ1n) is 9.60. The summed E-state index contributed by atoms with van der Waals surface area (Å²) in [4.78, 5) is 12.0. The van der Waals surface area contributed by atoms with E-state index in [1.807, 2.05) is 37.3 Å². The largest absolute Gasteiger partial charge is 0.382 e. The first kappa shape index (κ1) is 19.8. The van der Waals surface area contributed by atoms with E-state index in [0.717, 1.165) is 12.2 Å². The SMILES string of the molecule is CCOCCCNC(=O)CCc1nnc2ccc(NCc3ccccc3)nn12. The summed E-state index contributed by atoms with van der Waals surface area (Å²) in [6, 6.07) is 13.9. The normalized spacial score (nSPS) is 10.9. The molecule has 1 amide bonds. The zero-order valence-electron chi connectivity index (χ0n) is 16.1. The van der Waals surface area contributed by atoms with Crippen molar-refractivity contribution in [2.24, 2.45) is 0 Å². The van der Waals surface area contributed by atoms with Gasteiger partial charge in [-0.05, 0) is 31.0 Å². The summed E-state index contributed by atoms with van der Waals surface area (Å²) in [5.41, 5.74) is 1.84. The molecule has 2 N–H and O–H groups in total. The molecule has 8 nitrogen and oxygen atoms in total. The lowest BCUT2D eigenvalue weighted by molar-refractivity contribution is -0.121. The molecule has 2 aromatic heterocycles. The molecule has 1 aromatic carbocycles. The van der Waals surface area contributed by atoms with Crippen LogP contribution in [-0.2, 0) is 22.5 Å². The predicted octanol–water partition coefficient (Wildman–Crippen LogP) is 2.21. The van der Waals surface area contributed by atoms with Gasteiger partial charge in [0.15, 0.2) is 11.5 Å². The summed E-state index contributed by atoms with van der Waals surface area (Å²) in [7, 11) is 0. The van der Waals surface area contributed by atoms with Crippen LogP contribution in [0.1, 0.15) is 31.2 Å². The Hall–Kier alpha value is -3.00. The minimum atomic E-state index is -0.00777. The fourth-order valence-corrected chi connectivity index (χ4v) is 2.73. The minimum Gasteiger partial charge on any atom is -0.382 e. The Bertz CT molecular complexity index is 881. The van der Waals surface area contributed by atoms with Gasteiger partial charge in [0.25, 0.3) is 0 Å². The lowest BCUT2D eigenvalue weighted by Crippen LogP contribution is -2.25. The molecule has 0 bridgehead atoms. The molecule has 0 aliphatic rings. The second-order valence-corrected chi connectivity index (χ2v) is 6.34. The van der Waals surface area contributed by atoms with Crippen LogP contribution in [0.15, 0.2) is 42.5 Å². The second kappa shape index (κ2) is 10.4. The van der Waals surface area contributed by atoms with Crippen LogP contribution in [0.5, 0.6) is 0 Å². The highest BCUT2D eigenvalue weighted by Gasteiger charge is 2.10. The quantitative estimate of drug-likeness (QED) is 0.494. The van der Waals surface area contributed by atoms with Gasteiger partial charge in [-0.15, -0.1) is 15.3 Å². The lowest BCUT2D eigenvalue weighted by atomic mass is 10.2. The topological polar surface area (TPSA) is 93.4 Å². The highest BCUT2D eigenvalue weighted by molar-refractivity contribution is 5.76. The predicted molar refractivity (Wildman–Crippen MR) is 107 cm³/mol. The molecule has 0 unspecified atom stereocenters. The average Bonchev–Trinajstić information content (AvgIpc) is 3.13. The Balaban J connectivity index is 1.52. The van der Waals surface area contributed by atoms with Gasteiger partial charge in [-0.1, -0.05) is 30.3 Å². The molecule has 0 atom stereocenters. The molecule has 148 valence electrons. The van der Waals surface area contributed by atoms with Crippen molar-refractivity contribution in [3.63, 3.8) is 0 Å². The van der Waals surface area contributed by atoms with E-state index in [0.29, 0.717) is 50.6 Å². The zero-order chi connectivity index (χ0) is 19.6. The molecule has 0 aliphatic heterocycles. The third-order valence-corrected chi connectivity index (χ3v) is 4.21. The van der Waals surface area contributed by atoms with E-state index in [2.05, 4.69) is 38.1 Å². The fourth-order valence-electron chi connectivity index (χ4n) is 2.73. The van der Waals surface area contributed by atoms with Crippen molar-refractivity contribution in [2.75, 3.05) is 25.1 Å². The van der Waals surface area contributed by atoms with E-state index < -0.39 is 0 Å². The van der Waals surface area contributed by atoms with Gasteiger partial charge in [-0.2, -0.15) is 4.52 Å². The monoisotopic (exact) mass is 382 g/mol. The number of aromatic nitrogens is 4. The number of carbonyl (C=O) groups is 1. The molecule has 0 fully saturated rings. The molecule has 0 radical (unpaired) electrons. The molecule has 0 spiro atoms. The van der Waals surface area contributed by atoms with E-state index in [1.165, 1.54) is 5.56 Å². The maximum Gasteiger partial charge on any atom is 0.220 e. The van der Waals surface area contributed by atoms with Gasteiger partial charge in [-0.3, -0.25) is 4.79 Å². The summed E-state index contributed by atoms with van der Waals surface area (Å²) in [5, 5.41) is 19.0. The van der Waals surface area contributed by atoms with Crippen LogP contribution in [0.3, 0.4) is 0 Å². The maximum atomic E-state index is 12.0. The standard InChI is InChI=1S/C20H26N6O2/c1-2-28-14-6-13-21-20(27)12-11-19-24-23-18-10-9-17(25-26(18)19)22-15-16-7-4-3-5-8-16/h3-5,7-10H,2,6,11-15H2,1H3,(H,21,27)(H,22,25). The van der Waals surface area contributed by atoms with Crippen molar-refractivity contribution in [2.45, 2.75) is 32.7 Å². The number of anilines is 1. The summed E-state index contributed by atoms with van der Waals surface area (Å²) >= 11 is 0. The van der Waals surface area contributed by atoms with Crippen molar-refractivity contribution < 1.29 is 9.53 Å². The molecule has 28 heavy (non-hydrogen) atoms. The second-order valence-electron chi connectivity index (χ2n) is 6.34. The minimum absolute atomic E-state index is 0.00777. The van der Waals surface area contributed by atoms with Gasteiger partial charge in [0.05, 0.1) is 0 Å². The van der Waals surface area contributed by atoms with Gasteiger partial charge in [-0.25, -0.2) is 0 Å². The number of ether oxygens (including phenoxy) is 1. The van der Waals surface area contributed by atoms with Crippen LogP contribution in [0.25, 0.3) is 5.65 Å². The van der Waals surface area contributed by atoms with Gasteiger partial charge in [0.1, 0.15) is 5.82 Å². The smallest absolute Gasteiger partial charge is 0.220 e. The highest BCUT2D eigenvalue weighted by atomic mass is 16.5. The Kier molecular flexibility index (Phi) is 7.31. The van der Waals surface area contributed by atoms with Crippen LogP contribution < -0.4 is 10.6 Å². The van der Waals surface area contributed by atoms with E-state index in [9.17, 15) is 4.79 Å². The Morgan fingerprint density at radius 2 is 2.00 bits per heavy atom. The summed E-state index contributed by atoms with van der Waals surface area (Å²) in [6.07, 6.45) is 1.64. The molecule has 0 saturated heterocycles. The van der Waals surface area contributed by atoms with Crippen molar-refractivity contribution >= 4 is 17.4 Å². The molecule has 3 aromatic rings. The van der Waals surface area contributed by atoms with Crippen molar-refractivity contribution in [1.29, 1.82) is 0 Å². The number of aryl methyl sites for hydroxylation is 1. The number of nitrogens with one attached hydrogen (secondary N) is 2. The number of carbonyl (C=O) groups excluding carboxylic acids is 1. The van der Waals surface area contributed by atoms with Crippen LogP contribution >= 0.6 is 0 Å². The van der Waals surface area contributed by atoms with Crippen LogP contribution in [0, 0.1) is 0 Å². The first-order valence-corrected chi connectivity index (χ1v) is 9.60. The van der Waals surface area contributed by atoms with Gasteiger partial charge < -0.3 is 15.4 Å². The number of hydrogen-bond acceptors (Lipinski definition) is 6. The first-order chi connectivity index (χ1) is 13.8. The van der Waals surface area contributed by atoms with Crippen molar-refractivity contribution in [3.8, 4) is 0 Å². The number of benzene rings is 1. The summed E-state index contributed by atoms with van der Waals surface area (Å²) < 4.78 is 6.94. The van der Waals surface area contributed by atoms with Gasteiger partial charge >= 0.3 is 0 Å². The number of hydrogen-bond donors (Lipinski definition) is 2. The lowest BCUT2D eigenvalue weighted by Gasteiger charge is -2.07. The molecule has 3 rings (SSSR count). The van der Waals surface area contributed by atoms with Crippen LogP contribution in [-0.4, -0.2) is 45.5 Å².